The Hall–Kier alpha value is -2.42. The highest BCUT2D eigenvalue weighted by atomic mass is 16.5. The monoisotopic (exact) mass is 239 g/mol. The molecule has 0 aliphatic carbocycles. The van der Waals surface area contributed by atoms with E-state index < -0.39 is 0 Å². The van der Waals surface area contributed by atoms with Crippen LogP contribution >= 0.6 is 0 Å². The lowest BCUT2D eigenvalue weighted by atomic mass is 10.0. The van der Waals surface area contributed by atoms with Crippen LogP contribution in [0.25, 0.3) is 5.57 Å². The van der Waals surface area contributed by atoms with Gasteiger partial charge in [0.2, 0.25) is 0 Å². The molecule has 0 aliphatic heterocycles. The molecule has 1 aromatic carbocycles. The van der Waals surface area contributed by atoms with E-state index in [1.807, 2.05) is 30.3 Å². The van der Waals surface area contributed by atoms with E-state index in [-0.39, 0.29) is 5.97 Å². The third kappa shape index (κ3) is 2.46. The fourth-order valence-electron chi connectivity index (χ4n) is 1.61. The predicted molar refractivity (Wildman–Crippen MR) is 70.2 cm³/mol. The molecule has 0 bridgehead atoms. The molecule has 0 amide bonds. The topological polar surface area (TPSA) is 39.2 Å². The molecule has 1 heterocycles. The van der Waals surface area contributed by atoms with E-state index in [4.69, 9.17) is 0 Å². The van der Waals surface area contributed by atoms with E-state index in [1.54, 1.807) is 18.3 Å². The molecular weight excluding hydrogens is 226 g/mol. The number of rotatable bonds is 3. The molecule has 90 valence electrons. The van der Waals surface area contributed by atoms with E-state index in [0.717, 1.165) is 16.8 Å². The zero-order valence-corrected chi connectivity index (χ0v) is 10.1. The zero-order chi connectivity index (χ0) is 13.0. The van der Waals surface area contributed by atoms with E-state index >= 15 is 0 Å². The first kappa shape index (κ1) is 12.0. The molecule has 2 rings (SSSR count). The van der Waals surface area contributed by atoms with Crippen molar-refractivity contribution in [3.05, 3.63) is 72.1 Å². The first-order valence-corrected chi connectivity index (χ1v) is 5.51. The molecule has 0 unspecified atom stereocenters. The van der Waals surface area contributed by atoms with Crippen LogP contribution in [0.3, 0.4) is 0 Å². The SMILES string of the molecule is C=C(c1ccc(C(=O)OC)cc1)c1ccccn1. The van der Waals surface area contributed by atoms with Crippen LogP contribution in [0.2, 0.25) is 0 Å². The number of hydrogen-bond acceptors (Lipinski definition) is 3. The van der Waals surface area contributed by atoms with Crippen LogP contribution in [0.4, 0.5) is 0 Å². The number of esters is 1. The number of hydrogen-bond donors (Lipinski definition) is 0. The Morgan fingerprint density at radius 2 is 1.78 bits per heavy atom. The summed E-state index contributed by atoms with van der Waals surface area (Å²) < 4.78 is 4.65. The summed E-state index contributed by atoms with van der Waals surface area (Å²) in [6, 6.07) is 12.8. The largest absolute Gasteiger partial charge is 0.465 e. The normalized spacial score (nSPS) is 9.83. The lowest BCUT2D eigenvalue weighted by Gasteiger charge is -2.06. The lowest BCUT2D eigenvalue weighted by Crippen LogP contribution is -2.00. The summed E-state index contributed by atoms with van der Waals surface area (Å²) in [5, 5.41) is 0. The average Bonchev–Trinajstić information content (AvgIpc) is 2.47. The number of aromatic nitrogens is 1. The van der Waals surface area contributed by atoms with Crippen molar-refractivity contribution >= 4 is 11.5 Å². The summed E-state index contributed by atoms with van der Waals surface area (Å²) >= 11 is 0. The maximum atomic E-state index is 11.3. The van der Waals surface area contributed by atoms with Gasteiger partial charge in [-0.15, -0.1) is 0 Å². The van der Waals surface area contributed by atoms with Gasteiger partial charge in [-0.2, -0.15) is 0 Å². The number of ether oxygens (including phenoxy) is 1. The van der Waals surface area contributed by atoms with Crippen LogP contribution in [0, 0.1) is 0 Å². The third-order valence-electron chi connectivity index (χ3n) is 2.63. The second-order valence-corrected chi connectivity index (χ2v) is 3.76. The van der Waals surface area contributed by atoms with Gasteiger partial charge in [0.05, 0.1) is 18.4 Å². The fraction of sp³-hybridized carbons (Fsp3) is 0.0667. The molecule has 0 N–H and O–H groups in total. The van der Waals surface area contributed by atoms with Crippen molar-refractivity contribution < 1.29 is 9.53 Å². The molecule has 0 fully saturated rings. The van der Waals surface area contributed by atoms with E-state index in [0.29, 0.717) is 5.56 Å². The standard InChI is InChI=1S/C15H13NO2/c1-11(14-5-3-4-10-16-14)12-6-8-13(9-7-12)15(17)18-2/h3-10H,1H2,2H3. The highest BCUT2D eigenvalue weighted by Crippen LogP contribution is 2.19. The first-order valence-electron chi connectivity index (χ1n) is 5.51. The predicted octanol–water partition coefficient (Wildman–Crippen LogP) is 2.93. The Morgan fingerprint density at radius 3 is 2.33 bits per heavy atom. The molecule has 2 aromatic rings. The second-order valence-electron chi connectivity index (χ2n) is 3.76. The van der Waals surface area contributed by atoms with E-state index in [2.05, 4.69) is 16.3 Å². The van der Waals surface area contributed by atoms with Crippen molar-refractivity contribution in [3.8, 4) is 0 Å². The molecule has 0 aliphatic rings. The summed E-state index contributed by atoms with van der Waals surface area (Å²) in [5.41, 5.74) is 3.10. The minimum Gasteiger partial charge on any atom is -0.465 e. The van der Waals surface area contributed by atoms with Crippen molar-refractivity contribution in [1.29, 1.82) is 0 Å². The summed E-state index contributed by atoms with van der Waals surface area (Å²) in [4.78, 5) is 15.5. The van der Waals surface area contributed by atoms with Crippen LogP contribution in [0.5, 0.6) is 0 Å². The van der Waals surface area contributed by atoms with Crippen molar-refractivity contribution in [1.82, 2.24) is 4.98 Å². The van der Waals surface area contributed by atoms with Gasteiger partial charge >= 0.3 is 5.97 Å². The number of carbonyl (C=O) groups excluding carboxylic acids is 1. The molecule has 0 spiro atoms. The molecule has 1 aromatic heterocycles. The third-order valence-corrected chi connectivity index (χ3v) is 2.63. The lowest BCUT2D eigenvalue weighted by molar-refractivity contribution is 0.0601. The molecular formula is C15H13NO2. The van der Waals surface area contributed by atoms with Crippen molar-refractivity contribution in [3.63, 3.8) is 0 Å². The molecule has 0 saturated carbocycles. The van der Waals surface area contributed by atoms with Crippen LogP contribution < -0.4 is 0 Å². The number of methoxy groups -OCH3 is 1. The Labute approximate surface area is 106 Å². The smallest absolute Gasteiger partial charge is 0.337 e. The van der Waals surface area contributed by atoms with E-state index in [1.165, 1.54) is 7.11 Å². The van der Waals surface area contributed by atoms with Crippen LogP contribution in [0.15, 0.2) is 55.2 Å². The maximum absolute atomic E-state index is 11.3. The number of nitrogens with zero attached hydrogens (tertiary/aromatic N) is 1. The number of pyridine rings is 1. The Balaban J connectivity index is 2.25. The molecule has 0 saturated heterocycles. The average molecular weight is 239 g/mol. The maximum Gasteiger partial charge on any atom is 0.337 e. The molecule has 3 heteroatoms. The van der Waals surface area contributed by atoms with Crippen LogP contribution in [-0.4, -0.2) is 18.1 Å². The second kappa shape index (κ2) is 5.27. The summed E-state index contributed by atoms with van der Waals surface area (Å²) in [5.74, 6) is -0.343. The summed E-state index contributed by atoms with van der Waals surface area (Å²) in [6.07, 6.45) is 1.73. The minimum absolute atomic E-state index is 0.343. The minimum atomic E-state index is -0.343. The molecule has 0 radical (unpaired) electrons. The quantitative estimate of drug-likeness (QED) is 0.773. The van der Waals surface area contributed by atoms with E-state index in [9.17, 15) is 4.79 Å². The number of benzene rings is 1. The fourth-order valence-corrected chi connectivity index (χ4v) is 1.61. The van der Waals surface area contributed by atoms with Gasteiger partial charge in [-0.1, -0.05) is 24.8 Å². The molecule has 3 nitrogen and oxygen atoms in total. The summed E-state index contributed by atoms with van der Waals surface area (Å²) in [6.45, 7) is 4.01. The van der Waals surface area contributed by atoms with Gasteiger partial charge in [0.15, 0.2) is 0 Å². The van der Waals surface area contributed by atoms with Gasteiger partial charge in [0, 0.05) is 11.8 Å². The molecule has 18 heavy (non-hydrogen) atoms. The number of carbonyl (C=O) groups is 1. The van der Waals surface area contributed by atoms with Crippen molar-refractivity contribution in [2.24, 2.45) is 0 Å². The van der Waals surface area contributed by atoms with Crippen molar-refractivity contribution in [2.75, 3.05) is 7.11 Å². The van der Waals surface area contributed by atoms with Gasteiger partial charge in [-0.3, -0.25) is 4.98 Å². The summed E-state index contributed by atoms with van der Waals surface area (Å²) in [7, 11) is 1.36. The van der Waals surface area contributed by atoms with Gasteiger partial charge in [0.25, 0.3) is 0 Å². The highest BCUT2D eigenvalue weighted by molar-refractivity contribution is 5.90. The molecule has 0 atom stereocenters. The van der Waals surface area contributed by atoms with Gasteiger partial charge < -0.3 is 4.74 Å². The van der Waals surface area contributed by atoms with Crippen molar-refractivity contribution in [2.45, 2.75) is 0 Å². The van der Waals surface area contributed by atoms with Gasteiger partial charge in [-0.05, 0) is 29.8 Å². The first-order chi connectivity index (χ1) is 8.72. The van der Waals surface area contributed by atoms with Gasteiger partial charge in [0.1, 0.15) is 0 Å². The zero-order valence-electron chi connectivity index (χ0n) is 10.1. The Bertz CT molecular complexity index is 559. The highest BCUT2D eigenvalue weighted by Gasteiger charge is 2.07. The Morgan fingerprint density at radius 1 is 1.11 bits per heavy atom. The Kier molecular flexibility index (Phi) is 3.53. The van der Waals surface area contributed by atoms with Crippen LogP contribution in [-0.2, 0) is 4.74 Å². The van der Waals surface area contributed by atoms with Gasteiger partial charge in [-0.25, -0.2) is 4.79 Å². The van der Waals surface area contributed by atoms with Crippen LogP contribution in [0.1, 0.15) is 21.6 Å².